The molecule has 21 heavy (non-hydrogen) atoms. The molecule has 118 valence electrons. The fourth-order valence-corrected chi connectivity index (χ4v) is 3.74. The van der Waals surface area contributed by atoms with Gasteiger partial charge in [-0.3, -0.25) is 9.69 Å². The van der Waals surface area contributed by atoms with Gasteiger partial charge in [-0.2, -0.15) is 0 Å². The number of thiazole rings is 1. The second kappa shape index (κ2) is 6.82. The molecular weight excluding hydrogens is 312 g/mol. The highest BCUT2D eigenvalue weighted by Gasteiger charge is 2.27. The summed E-state index contributed by atoms with van der Waals surface area (Å²) in [5.74, 6) is -0.0838. The molecule has 2 rings (SSSR count). The van der Waals surface area contributed by atoms with E-state index in [1.54, 1.807) is 6.20 Å². The largest absolute Gasteiger partial charge is 0.301 e. The summed E-state index contributed by atoms with van der Waals surface area (Å²) in [7, 11) is -3.17. The molecule has 0 radical (unpaired) electrons. The summed E-state index contributed by atoms with van der Waals surface area (Å²) in [6.07, 6.45) is 4.24. The molecule has 1 aliphatic heterocycles. The molecule has 0 aliphatic carbocycles. The van der Waals surface area contributed by atoms with Crippen LogP contribution in [0.5, 0.6) is 0 Å². The third kappa shape index (κ3) is 5.03. The Morgan fingerprint density at radius 3 is 2.67 bits per heavy atom. The quantitative estimate of drug-likeness (QED) is 0.818. The van der Waals surface area contributed by atoms with Gasteiger partial charge in [-0.25, -0.2) is 18.1 Å². The second-order valence-corrected chi connectivity index (χ2v) is 7.88. The van der Waals surface area contributed by atoms with Crippen LogP contribution >= 0.6 is 11.3 Å². The molecule has 1 aromatic heterocycles. The van der Waals surface area contributed by atoms with E-state index in [4.69, 9.17) is 0 Å². The van der Waals surface area contributed by atoms with Gasteiger partial charge < -0.3 is 5.32 Å². The first-order valence-electron chi connectivity index (χ1n) is 6.77. The Balaban J connectivity index is 1.82. The molecule has 7 nitrogen and oxygen atoms in total. The van der Waals surface area contributed by atoms with Crippen LogP contribution in [-0.4, -0.2) is 55.6 Å². The van der Waals surface area contributed by atoms with Crippen LogP contribution in [0, 0.1) is 0 Å². The number of hydrogen-bond donors (Lipinski definition) is 2. The van der Waals surface area contributed by atoms with Crippen molar-refractivity contribution in [3.8, 4) is 0 Å². The minimum atomic E-state index is -3.17. The number of aromatic nitrogens is 1. The Morgan fingerprint density at radius 1 is 1.48 bits per heavy atom. The fraction of sp³-hybridized carbons (Fsp3) is 0.667. The lowest BCUT2D eigenvalue weighted by molar-refractivity contribution is -0.121. The molecule has 0 unspecified atom stereocenters. The van der Waals surface area contributed by atoms with Crippen LogP contribution in [0.2, 0.25) is 0 Å². The van der Waals surface area contributed by atoms with E-state index in [1.807, 2.05) is 12.3 Å². The molecule has 9 heteroatoms. The highest BCUT2D eigenvalue weighted by molar-refractivity contribution is 7.88. The van der Waals surface area contributed by atoms with Gasteiger partial charge in [0.25, 0.3) is 0 Å². The Kier molecular flexibility index (Phi) is 5.31. The third-order valence-corrected chi connectivity index (χ3v) is 4.95. The van der Waals surface area contributed by atoms with Crippen molar-refractivity contribution in [1.82, 2.24) is 14.6 Å². The number of nitrogens with one attached hydrogen (secondary N) is 2. The summed E-state index contributed by atoms with van der Waals surface area (Å²) >= 11 is 1.38. The smallest absolute Gasteiger partial charge is 0.243 e. The molecule has 0 bridgehead atoms. The van der Waals surface area contributed by atoms with Gasteiger partial charge in [0, 0.05) is 30.7 Å². The predicted molar refractivity (Wildman–Crippen MR) is 82.8 cm³/mol. The van der Waals surface area contributed by atoms with Crippen molar-refractivity contribution in [3.05, 3.63) is 11.6 Å². The Bertz CT molecular complexity index is 565. The van der Waals surface area contributed by atoms with E-state index in [1.165, 1.54) is 17.6 Å². The topological polar surface area (TPSA) is 91.4 Å². The summed E-state index contributed by atoms with van der Waals surface area (Å²) < 4.78 is 25.0. The van der Waals surface area contributed by atoms with Crippen molar-refractivity contribution in [3.63, 3.8) is 0 Å². The molecule has 1 atom stereocenters. The number of piperidine rings is 1. The first kappa shape index (κ1) is 16.3. The number of nitrogens with zero attached hydrogens (tertiary/aromatic N) is 2. The monoisotopic (exact) mass is 332 g/mol. The van der Waals surface area contributed by atoms with Crippen molar-refractivity contribution < 1.29 is 13.2 Å². The predicted octanol–water partition coefficient (Wildman–Crippen LogP) is 0.484. The highest BCUT2D eigenvalue weighted by atomic mass is 32.2. The van der Waals surface area contributed by atoms with E-state index >= 15 is 0 Å². The summed E-state index contributed by atoms with van der Waals surface area (Å²) in [5, 5.41) is 5.19. The van der Waals surface area contributed by atoms with Crippen LogP contribution in [0.15, 0.2) is 11.6 Å². The van der Waals surface area contributed by atoms with Gasteiger partial charge in [0.05, 0.1) is 12.3 Å². The van der Waals surface area contributed by atoms with Crippen LogP contribution in [0.1, 0.15) is 19.8 Å². The maximum absolute atomic E-state index is 12.1. The van der Waals surface area contributed by atoms with Crippen LogP contribution in [0.4, 0.5) is 5.13 Å². The minimum Gasteiger partial charge on any atom is -0.301 e. The average molecular weight is 332 g/mol. The summed E-state index contributed by atoms with van der Waals surface area (Å²) in [6, 6.07) is -0.293. The Labute approximate surface area is 128 Å². The summed E-state index contributed by atoms with van der Waals surface area (Å²) in [5.41, 5.74) is 0. The van der Waals surface area contributed by atoms with Crippen molar-refractivity contribution >= 4 is 32.4 Å². The van der Waals surface area contributed by atoms with Crippen LogP contribution in [0.25, 0.3) is 0 Å². The first-order chi connectivity index (χ1) is 9.85. The summed E-state index contributed by atoms with van der Waals surface area (Å²) in [4.78, 5) is 18.2. The molecule has 1 aliphatic rings. The van der Waals surface area contributed by atoms with E-state index in [2.05, 4.69) is 19.9 Å². The molecule has 1 saturated heterocycles. The van der Waals surface area contributed by atoms with Gasteiger partial charge in [0.1, 0.15) is 0 Å². The Morgan fingerprint density at radius 2 is 2.14 bits per heavy atom. The van der Waals surface area contributed by atoms with Gasteiger partial charge in [-0.15, -0.1) is 11.3 Å². The molecule has 1 fully saturated rings. The average Bonchev–Trinajstić information content (AvgIpc) is 2.90. The molecule has 0 aromatic carbocycles. The molecule has 1 aromatic rings. The van der Waals surface area contributed by atoms with Gasteiger partial charge in [-0.05, 0) is 19.8 Å². The Hall–Kier alpha value is -1.03. The number of likely N-dealkylation sites (tertiary alicyclic amines) is 1. The van der Waals surface area contributed by atoms with Crippen LogP contribution in [-0.2, 0) is 14.8 Å². The van der Waals surface area contributed by atoms with Gasteiger partial charge in [0.2, 0.25) is 15.9 Å². The normalized spacial score (nSPS) is 19.3. The number of sulfonamides is 1. The third-order valence-electron chi connectivity index (χ3n) is 3.50. The molecule has 2 N–H and O–H groups in total. The summed E-state index contributed by atoms with van der Waals surface area (Å²) in [6.45, 7) is 3.24. The molecule has 2 heterocycles. The van der Waals surface area contributed by atoms with E-state index in [-0.39, 0.29) is 18.0 Å². The zero-order valence-corrected chi connectivity index (χ0v) is 13.7. The molecule has 0 spiro atoms. The molecule has 1 amide bonds. The van der Waals surface area contributed by atoms with E-state index in [0.717, 1.165) is 0 Å². The highest BCUT2D eigenvalue weighted by Crippen LogP contribution is 2.16. The maximum atomic E-state index is 12.1. The number of anilines is 1. The number of amides is 1. The van der Waals surface area contributed by atoms with Crippen LogP contribution in [0.3, 0.4) is 0 Å². The van der Waals surface area contributed by atoms with E-state index in [9.17, 15) is 13.2 Å². The lowest BCUT2D eigenvalue weighted by Crippen LogP contribution is -2.50. The van der Waals surface area contributed by atoms with Crippen molar-refractivity contribution in [1.29, 1.82) is 0 Å². The number of carbonyl (C=O) groups is 1. The van der Waals surface area contributed by atoms with Crippen LogP contribution < -0.4 is 10.0 Å². The first-order valence-corrected chi connectivity index (χ1v) is 9.54. The standard InChI is InChI=1S/C12H20N4O3S2/c1-9(11(17)14-12-13-5-8-20-12)16-6-3-10(4-7-16)15-21(2,18)19/h5,8-10,15H,3-4,6-7H2,1-2H3,(H,13,14,17)/t9-/m0/s1. The molecule has 0 saturated carbocycles. The zero-order valence-electron chi connectivity index (χ0n) is 12.1. The van der Waals surface area contributed by atoms with Crippen molar-refractivity contribution in [2.24, 2.45) is 0 Å². The van der Waals surface area contributed by atoms with Crippen molar-refractivity contribution in [2.45, 2.75) is 31.8 Å². The second-order valence-electron chi connectivity index (χ2n) is 5.20. The van der Waals surface area contributed by atoms with Crippen molar-refractivity contribution in [2.75, 3.05) is 24.7 Å². The maximum Gasteiger partial charge on any atom is 0.243 e. The lowest BCUT2D eigenvalue weighted by Gasteiger charge is -2.35. The van der Waals surface area contributed by atoms with Gasteiger partial charge in [-0.1, -0.05) is 0 Å². The minimum absolute atomic E-state index is 0.0366. The van der Waals surface area contributed by atoms with E-state index < -0.39 is 10.0 Å². The SMILES string of the molecule is C[C@@H](C(=O)Nc1nccs1)N1CCC(NS(C)(=O)=O)CC1. The zero-order chi connectivity index (χ0) is 15.5. The molecular formula is C12H20N4O3S2. The number of rotatable bonds is 5. The van der Waals surface area contributed by atoms with E-state index in [0.29, 0.717) is 31.1 Å². The van der Waals surface area contributed by atoms with Gasteiger partial charge >= 0.3 is 0 Å². The number of carbonyl (C=O) groups excluding carboxylic acids is 1. The number of hydrogen-bond acceptors (Lipinski definition) is 6. The lowest BCUT2D eigenvalue weighted by atomic mass is 10.0. The van der Waals surface area contributed by atoms with Gasteiger partial charge in [0.15, 0.2) is 5.13 Å². The fourth-order valence-electron chi connectivity index (χ4n) is 2.37.